The summed E-state index contributed by atoms with van der Waals surface area (Å²) in [4.78, 5) is 11.1. The minimum absolute atomic E-state index is 0.104. The van der Waals surface area contributed by atoms with Gasteiger partial charge in [0.15, 0.2) is 0 Å². The molecule has 0 aliphatic heterocycles. The van der Waals surface area contributed by atoms with E-state index in [1.165, 1.54) is 41.1 Å². The van der Waals surface area contributed by atoms with Crippen LogP contribution in [0.3, 0.4) is 0 Å². The summed E-state index contributed by atoms with van der Waals surface area (Å²) in [5.41, 5.74) is 1.63. The molecule has 0 radical (unpaired) electrons. The van der Waals surface area contributed by atoms with Gasteiger partial charge in [-0.25, -0.2) is 13.9 Å². The predicted octanol–water partition coefficient (Wildman–Crippen LogP) is 6.77. The maximum atomic E-state index is 13.9. The molecule has 5 nitrogen and oxygen atoms in total. The molecule has 0 bridgehead atoms. The van der Waals surface area contributed by atoms with Gasteiger partial charge in [-0.1, -0.05) is 28.1 Å². The second-order valence-corrected chi connectivity index (χ2v) is 8.31. The van der Waals surface area contributed by atoms with Gasteiger partial charge in [0.05, 0.1) is 22.5 Å². The number of anilines is 1. The standard InChI is InChI=1S/C24H16BrF4N3O2/c25-18-9-17(24(27,28)29)10-20(11-18)30-12-16-13-32(21-6-4-14(5-7-21)23(33)34)31-22(16)15-2-1-3-19(26)8-15/h1-11,13,30H,12H2,(H,33,34). The SMILES string of the molecule is O=C(O)c1ccc(-n2cc(CNc3cc(Br)cc(C(F)(F)F)c3)c(-c3cccc(F)c3)n2)cc1. The first-order valence-electron chi connectivity index (χ1n) is 9.90. The molecule has 1 heterocycles. The predicted molar refractivity (Wildman–Crippen MR) is 122 cm³/mol. The van der Waals surface area contributed by atoms with Crippen LogP contribution in [0, 0.1) is 5.82 Å². The normalized spacial score (nSPS) is 11.4. The molecule has 3 aromatic carbocycles. The number of carboxylic acids is 1. The number of hydrogen-bond donors (Lipinski definition) is 2. The molecule has 0 aliphatic carbocycles. The van der Waals surface area contributed by atoms with Gasteiger partial charge in [0.1, 0.15) is 5.82 Å². The second kappa shape index (κ2) is 9.30. The van der Waals surface area contributed by atoms with Crippen molar-refractivity contribution in [2.75, 3.05) is 5.32 Å². The largest absolute Gasteiger partial charge is 0.478 e. The van der Waals surface area contributed by atoms with Gasteiger partial charge < -0.3 is 10.4 Å². The topological polar surface area (TPSA) is 67.2 Å². The summed E-state index contributed by atoms with van der Waals surface area (Å²) >= 11 is 3.10. The van der Waals surface area contributed by atoms with Gasteiger partial charge in [0, 0.05) is 34.0 Å². The van der Waals surface area contributed by atoms with Gasteiger partial charge in [-0.05, 0) is 54.6 Å². The Morgan fingerprint density at radius 1 is 1.06 bits per heavy atom. The van der Waals surface area contributed by atoms with E-state index in [0.29, 0.717) is 22.5 Å². The minimum Gasteiger partial charge on any atom is -0.478 e. The number of hydrogen-bond acceptors (Lipinski definition) is 3. The van der Waals surface area contributed by atoms with E-state index in [4.69, 9.17) is 5.11 Å². The highest BCUT2D eigenvalue weighted by Crippen LogP contribution is 2.34. The highest BCUT2D eigenvalue weighted by atomic mass is 79.9. The molecule has 0 aliphatic rings. The van der Waals surface area contributed by atoms with Gasteiger partial charge in [0.2, 0.25) is 0 Å². The Kier molecular flexibility index (Phi) is 6.43. The summed E-state index contributed by atoms with van der Waals surface area (Å²) in [5, 5.41) is 16.6. The van der Waals surface area contributed by atoms with Crippen LogP contribution < -0.4 is 5.32 Å². The number of carboxylic acid groups (broad SMARTS) is 1. The summed E-state index contributed by atoms with van der Waals surface area (Å²) in [6.07, 6.45) is -2.84. The molecule has 34 heavy (non-hydrogen) atoms. The average Bonchev–Trinajstić information content (AvgIpc) is 3.21. The maximum Gasteiger partial charge on any atom is 0.416 e. The van der Waals surface area contributed by atoms with Crippen LogP contribution in [0.4, 0.5) is 23.2 Å². The number of alkyl halides is 3. The lowest BCUT2D eigenvalue weighted by Crippen LogP contribution is -2.07. The molecule has 0 saturated heterocycles. The van der Waals surface area contributed by atoms with E-state index in [-0.39, 0.29) is 22.3 Å². The van der Waals surface area contributed by atoms with E-state index in [0.717, 1.165) is 12.1 Å². The molecule has 174 valence electrons. The van der Waals surface area contributed by atoms with Gasteiger partial charge in [0.25, 0.3) is 0 Å². The molecule has 0 spiro atoms. The van der Waals surface area contributed by atoms with E-state index in [1.807, 2.05) is 0 Å². The van der Waals surface area contributed by atoms with Crippen LogP contribution in [-0.2, 0) is 12.7 Å². The summed E-state index contributed by atoms with van der Waals surface area (Å²) in [5.74, 6) is -1.52. The van der Waals surface area contributed by atoms with Crippen molar-refractivity contribution >= 4 is 27.6 Å². The van der Waals surface area contributed by atoms with Crippen molar-refractivity contribution in [1.82, 2.24) is 9.78 Å². The van der Waals surface area contributed by atoms with E-state index in [9.17, 15) is 22.4 Å². The number of nitrogens with zero attached hydrogens (tertiary/aromatic N) is 2. The van der Waals surface area contributed by atoms with Crippen LogP contribution in [0.15, 0.2) is 77.4 Å². The number of aromatic carboxylic acids is 1. The summed E-state index contributed by atoms with van der Waals surface area (Å²) in [6.45, 7) is 0.104. The quantitative estimate of drug-likeness (QED) is 0.268. The zero-order chi connectivity index (χ0) is 24.5. The number of halogens is 5. The first-order chi connectivity index (χ1) is 16.1. The average molecular weight is 534 g/mol. The minimum atomic E-state index is -4.50. The van der Waals surface area contributed by atoms with Crippen molar-refractivity contribution in [2.24, 2.45) is 0 Å². The fourth-order valence-electron chi connectivity index (χ4n) is 3.36. The summed E-state index contributed by atoms with van der Waals surface area (Å²) in [6, 6.07) is 15.3. The smallest absolute Gasteiger partial charge is 0.416 e. The summed E-state index contributed by atoms with van der Waals surface area (Å²) in [7, 11) is 0. The number of nitrogens with one attached hydrogen (secondary N) is 1. The Balaban J connectivity index is 1.70. The Labute approximate surface area is 199 Å². The Morgan fingerprint density at radius 3 is 2.44 bits per heavy atom. The van der Waals surface area contributed by atoms with Crippen LogP contribution in [-0.4, -0.2) is 20.9 Å². The zero-order valence-corrected chi connectivity index (χ0v) is 18.9. The van der Waals surface area contributed by atoms with Crippen LogP contribution in [0.2, 0.25) is 0 Å². The highest BCUT2D eigenvalue weighted by molar-refractivity contribution is 9.10. The van der Waals surface area contributed by atoms with E-state index < -0.39 is 23.5 Å². The van der Waals surface area contributed by atoms with E-state index in [1.54, 1.807) is 24.4 Å². The maximum absolute atomic E-state index is 13.9. The van der Waals surface area contributed by atoms with Crippen LogP contribution >= 0.6 is 15.9 Å². The third-order valence-corrected chi connectivity index (χ3v) is 5.43. The number of aromatic nitrogens is 2. The van der Waals surface area contributed by atoms with Gasteiger partial charge in [-0.2, -0.15) is 18.3 Å². The van der Waals surface area contributed by atoms with Crippen molar-refractivity contribution in [3.63, 3.8) is 0 Å². The molecule has 0 amide bonds. The molecule has 4 rings (SSSR count). The van der Waals surface area contributed by atoms with E-state index >= 15 is 0 Å². The molecule has 0 fully saturated rings. The third kappa shape index (κ3) is 5.28. The molecule has 2 N–H and O–H groups in total. The van der Waals surface area contributed by atoms with Crippen molar-refractivity contribution in [3.8, 4) is 16.9 Å². The highest BCUT2D eigenvalue weighted by Gasteiger charge is 2.31. The zero-order valence-electron chi connectivity index (χ0n) is 17.3. The number of benzene rings is 3. The van der Waals surface area contributed by atoms with Crippen molar-refractivity contribution in [3.05, 3.63) is 99.9 Å². The monoisotopic (exact) mass is 533 g/mol. The molecule has 1 aromatic heterocycles. The number of rotatable bonds is 6. The van der Waals surface area contributed by atoms with Crippen molar-refractivity contribution in [2.45, 2.75) is 12.7 Å². The lowest BCUT2D eigenvalue weighted by molar-refractivity contribution is -0.137. The first kappa shape index (κ1) is 23.5. The fraction of sp³-hybridized carbons (Fsp3) is 0.0833. The van der Waals surface area contributed by atoms with E-state index in [2.05, 4.69) is 26.3 Å². The summed E-state index contributed by atoms with van der Waals surface area (Å²) < 4.78 is 55.1. The van der Waals surface area contributed by atoms with Gasteiger partial charge in [-0.15, -0.1) is 0 Å². The van der Waals surface area contributed by atoms with Gasteiger partial charge >= 0.3 is 12.1 Å². The van der Waals surface area contributed by atoms with Crippen LogP contribution in [0.25, 0.3) is 16.9 Å². The molecular formula is C24H16BrF4N3O2. The third-order valence-electron chi connectivity index (χ3n) is 4.97. The van der Waals surface area contributed by atoms with Gasteiger partial charge in [-0.3, -0.25) is 0 Å². The molecule has 0 atom stereocenters. The van der Waals surface area contributed by atoms with Crippen LogP contribution in [0.1, 0.15) is 21.5 Å². The molecule has 0 unspecified atom stereocenters. The molecule has 4 aromatic rings. The lowest BCUT2D eigenvalue weighted by atomic mass is 10.1. The lowest BCUT2D eigenvalue weighted by Gasteiger charge is -2.12. The van der Waals surface area contributed by atoms with Crippen molar-refractivity contribution < 1.29 is 27.5 Å². The Hall–Kier alpha value is -3.66. The fourth-order valence-corrected chi connectivity index (χ4v) is 3.85. The molecule has 0 saturated carbocycles. The first-order valence-corrected chi connectivity index (χ1v) is 10.7. The van der Waals surface area contributed by atoms with Crippen molar-refractivity contribution in [1.29, 1.82) is 0 Å². The Bertz CT molecular complexity index is 1350. The molecular weight excluding hydrogens is 518 g/mol. The number of carbonyl (C=O) groups is 1. The van der Waals surface area contributed by atoms with Crippen LogP contribution in [0.5, 0.6) is 0 Å². The second-order valence-electron chi connectivity index (χ2n) is 7.39. The molecule has 10 heteroatoms. The Morgan fingerprint density at radius 2 is 1.79 bits per heavy atom.